The Morgan fingerprint density at radius 3 is 1.44 bits per heavy atom. The Morgan fingerprint density at radius 1 is 0.720 bits per heavy atom. The van der Waals surface area contributed by atoms with E-state index in [0.717, 1.165) is 0 Å². The molecule has 1 aliphatic carbocycles. The molecule has 1 aliphatic rings. The van der Waals surface area contributed by atoms with E-state index in [1.165, 1.54) is 0 Å². The second-order valence-corrected chi connectivity index (χ2v) is 6.41. The van der Waals surface area contributed by atoms with Crippen molar-refractivity contribution in [3.63, 3.8) is 0 Å². The van der Waals surface area contributed by atoms with Crippen molar-refractivity contribution in [1.29, 1.82) is 0 Å². The third-order valence-corrected chi connectivity index (χ3v) is 4.70. The molecule has 2 unspecified atom stereocenters. The minimum atomic E-state index is -0.764. The Labute approximate surface area is 146 Å². The van der Waals surface area contributed by atoms with Gasteiger partial charge in [0, 0.05) is 22.5 Å². The van der Waals surface area contributed by atoms with Crippen molar-refractivity contribution >= 4 is 28.7 Å². The van der Waals surface area contributed by atoms with E-state index in [2.05, 4.69) is 0 Å². The second kappa shape index (κ2) is 6.89. The highest BCUT2D eigenvalue weighted by Gasteiger charge is 2.39. The van der Waals surface area contributed by atoms with Gasteiger partial charge in [0.15, 0.2) is 17.3 Å². The van der Waals surface area contributed by atoms with Gasteiger partial charge in [-0.1, -0.05) is 6.42 Å². The maximum atomic E-state index is 12.8. The van der Waals surface area contributed by atoms with Crippen molar-refractivity contribution in [1.82, 2.24) is 0 Å². The van der Waals surface area contributed by atoms with E-state index in [1.54, 1.807) is 48.5 Å². The van der Waals surface area contributed by atoms with E-state index in [-0.39, 0.29) is 17.3 Å². The summed E-state index contributed by atoms with van der Waals surface area (Å²) in [5.74, 6) is -2.28. The van der Waals surface area contributed by atoms with Gasteiger partial charge in [-0.25, -0.2) is 0 Å². The van der Waals surface area contributed by atoms with Gasteiger partial charge in [-0.2, -0.15) is 0 Å². The lowest BCUT2D eigenvalue weighted by Gasteiger charge is -2.26. The number of carbonyl (C=O) groups is 3. The molecule has 2 atom stereocenters. The number of hydrogen-bond acceptors (Lipinski definition) is 5. The van der Waals surface area contributed by atoms with Crippen molar-refractivity contribution in [3.8, 4) is 0 Å². The van der Waals surface area contributed by atoms with Crippen molar-refractivity contribution in [3.05, 3.63) is 59.7 Å². The number of nitrogens with two attached hydrogens (primary N) is 2. The van der Waals surface area contributed by atoms with E-state index < -0.39 is 11.8 Å². The largest absolute Gasteiger partial charge is 0.399 e. The molecule has 0 radical (unpaired) electrons. The summed E-state index contributed by atoms with van der Waals surface area (Å²) in [6, 6.07) is 13.0. The van der Waals surface area contributed by atoms with E-state index in [4.69, 9.17) is 11.5 Å². The summed E-state index contributed by atoms with van der Waals surface area (Å²) in [6.45, 7) is 0. The predicted molar refractivity (Wildman–Crippen MR) is 96.2 cm³/mol. The van der Waals surface area contributed by atoms with E-state index in [0.29, 0.717) is 41.8 Å². The van der Waals surface area contributed by atoms with Crippen LogP contribution in [0.2, 0.25) is 0 Å². The van der Waals surface area contributed by atoms with Gasteiger partial charge in [-0.05, 0) is 61.4 Å². The van der Waals surface area contributed by atoms with E-state index in [1.807, 2.05) is 0 Å². The summed E-state index contributed by atoms with van der Waals surface area (Å²) in [7, 11) is 0. The van der Waals surface area contributed by atoms with Crippen LogP contribution < -0.4 is 11.5 Å². The van der Waals surface area contributed by atoms with Crippen LogP contribution in [-0.2, 0) is 4.79 Å². The maximum Gasteiger partial charge on any atom is 0.173 e. The van der Waals surface area contributed by atoms with Crippen molar-refractivity contribution in [2.24, 2.45) is 11.8 Å². The highest BCUT2D eigenvalue weighted by Crippen LogP contribution is 2.31. The second-order valence-electron chi connectivity index (χ2n) is 6.41. The first kappa shape index (κ1) is 16.9. The van der Waals surface area contributed by atoms with E-state index in [9.17, 15) is 14.4 Å². The molecule has 5 nitrogen and oxygen atoms in total. The number of carbonyl (C=O) groups excluding carboxylic acids is 3. The topological polar surface area (TPSA) is 103 Å². The highest BCUT2D eigenvalue weighted by molar-refractivity contribution is 6.19. The summed E-state index contributed by atoms with van der Waals surface area (Å²) in [5.41, 5.74) is 13.3. The molecule has 0 bridgehead atoms. The van der Waals surface area contributed by atoms with Crippen LogP contribution in [0.1, 0.15) is 40.0 Å². The number of ketones is 3. The lowest BCUT2D eigenvalue weighted by atomic mass is 9.74. The lowest BCUT2D eigenvalue weighted by Crippen LogP contribution is -2.37. The summed E-state index contributed by atoms with van der Waals surface area (Å²) >= 11 is 0. The molecule has 4 N–H and O–H groups in total. The molecule has 5 heteroatoms. The van der Waals surface area contributed by atoms with Crippen molar-refractivity contribution in [2.75, 3.05) is 11.5 Å². The predicted octanol–water partition coefficient (Wildman–Crippen LogP) is 2.90. The first-order chi connectivity index (χ1) is 12.0. The maximum absolute atomic E-state index is 12.8. The molecule has 2 aromatic rings. The quantitative estimate of drug-likeness (QED) is 0.507. The molecule has 1 fully saturated rings. The van der Waals surface area contributed by atoms with Gasteiger partial charge < -0.3 is 11.5 Å². The van der Waals surface area contributed by atoms with Crippen LogP contribution in [0.15, 0.2) is 48.5 Å². The SMILES string of the molecule is Nc1ccc(C(=O)C2CCCC(C(=O)c3ccc(N)cc3)C2=O)cc1. The zero-order valence-corrected chi connectivity index (χ0v) is 13.8. The molecule has 0 heterocycles. The smallest absolute Gasteiger partial charge is 0.173 e. The van der Waals surface area contributed by atoms with Gasteiger partial charge in [0.2, 0.25) is 0 Å². The Hall–Kier alpha value is -2.95. The highest BCUT2D eigenvalue weighted by atomic mass is 16.2. The van der Waals surface area contributed by atoms with Crippen LogP contribution in [-0.4, -0.2) is 17.3 Å². The Balaban J connectivity index is 1.80. The van der Waals surface area contributed by atoms with Crippen molar-refractivity contribution < 1.29 is 14.4 Å². The van der Waals surface area contributed by atoms with Crippen molar-refractivity contribution in [2.45, 2.75) is 19.3 Å². The molecule has 0 amide bonds. The van der Waals surface area contributed by atoms with Crippen LogP contribution in [0.5, 0.6) is 0 Å². The minimum Gasteiger partial charge on any atom is -0.399 e. The number of benzene rings is 2. The Kier molecular flexibility index (Phi) is 4.65. The minimum absolute atomic E-state index is 0.236. The van der Waals surface area contributed by atoms with E-state index >= 15 is 0 Å². The lowest BCUT2D eigenvalue weighted by molar-refractivity contribution is -0.125. The average Bonchev–Trinajstić information content (AvgIpc) is 2.62. The molecule has 128 valence electrons. The normalized spacial score (nSPS) is 20.2. The first-order valence-corrected chi connectivity index (χ1v) is 8.30. The summed E-state index contributed by atoms with van der Waals surface area (Å²) < 4.78 is 0. The molecule has 25 heavy (non-hydrogen) atoms. The third-order valence-electron chi connectivity index (χ3n) is 4.70. The van der Waals surface area contributed by atoms with Gasteiger partial charge in [-0.3, -0.25) is 14.4 Å². The molecule has 0 spiro atoms. The molecule has 3 rings (SSSR count). The van der Waals surface area contributed by atoms with Crippen LogP contribution in [0.4, 0.5) is 11.4 Å². The zero-order valence-electron chi connectivity index (χ0n) is 13.8. The van der Waals surface area contributed by atoms with Crippen LogP contribution >= 0.6 is 0 Å². The fourth-order valence-corrected chi connectivity index (χ4v) is 3.27. The molecule has 1 saturated carbocycles. The molecular weight excluding hydrogens is 316 g/mol. The fraction of sp³-hybridized carbons (Fsp3) is 0.250. The van der Waals surface area contributed by atoms with Crippen LogP contribution in [0.3, 0.4) is 0 Å². The molecule has 0 saturated heterocycles. The van der Waals surface area contributed by atoms with Crippen LogP contribution in [0, 0.1) is 11.8 Å². The number of nitrogen functional groups attached to an aromatic ring is 2. The number of Topliss-reactive ketones (excluding diaryl/α,β-unsaturated/α-hetero) is 3. The standard InChI is InChI=1S/C20H20N2O3/c21-14-8-4-12(5-9-14)18(23)16-2-1-3-17(20(16)25)19(24)13-6-10-15(22)11-7-13/h4-11,16-17H,1-3,21-22H2. The van der Waals surface area contributed by atoms with Gasteiger partial charge in [-0.15, -0.1) is 0 Å². The molecule has 2 aromatic carbocycles. The summed E-state index contributed by atoms with van der Waals surface area (Å²) in [4.78, 5) is 38.2. The molecular formula is C20H20N2O3. The molecule has 0 aromatic heterocycles. The van der Waals surface area contributed by atoms with Gasteiger partial charge in [0.05, 0.1) is 11.8 Å². The summed E-state index contributed by atoms with van der Waals surface area (Å²) in [5, 5.41) is 0. The number of rotatable bonds is 4. The van der Waals surface area contributed by atoms with Gasteiger partial charge >= 0.3 is 0 Å². The Morgan fingerprint density at radius 2 is 1.08 bits per heavy atom. The monoisotopic (exact) mass is 336 g/mol. The summed E-state index contributed by atoms with van der Waals surface area (Å²) in [6.07, 6.45) is 1.63. The molecule has 0 aliphatic heterocycles. The van der Waals surface area contributed by atoms with Crippen LogP contribution in [0.25, 0.3) is 0 Å². The van der Waals surface area contributed by atoms with Gasteiger partial charge in [0.1, 0.15) is 0 Å². The zero-order chi connectivity index (χ0) is 18.0. The number of anilines is 2. The average molecular weight is 336 g/mol. The third kappa shape index (κ3) is 3.45. The number of hydrogen-bond donors (Lipinski definition) is 2. The first-order valence-electron chi connectivity index (χ1n) is 8.30. The fourth-order valence-electron chi connectivity index (χ4n) is 3.27. The van der Waals surface area contributed by atoms with Gasteiger partial charge in [0.25, 0.3) is 0 Å². The Bertz CT molecular complexity index is 742.